The Bertz CT molecular complexity index is 1150. The number of piperazine rings is 1. The third-order valence-electron chi connectivity index (χ3n) is 7.54. The molecule has 0 atom stereocenters. The van der Waals surface area contributed by atoms with Crippen LogP contribution in [-0.2, 0) is 9.53 Å². The largest absolute Gasteiger partial charge is 0.378 e. The highest BCUT2D eigenvalue weighted by Crippen LogP contribution is 2.30. The number of morpholine rings is 1. The first-order valence-electron chi connectivity index (χ1n) is 13.1. The summed E-state index contributed by atoms with van der Waals surface area (Å²) in [5, 5.41) is 3.26. The summed E-state index contributed by atoms with van der Waals surface area (Å²) < 4.78 is 5.43. The molecule has 1 saturated carbocycles. The van der Waals surface area contributed by atoms with Gasteiger partial charge in [-0.2, -0.15) is 0 Å². The Morgan fingerprint density at radius 2 is 1.54 bits per heavy atom. The molecule has 1 aliphatic carbocycles. The van der Waals surface area contributed by atoms with Crippen LogP contribution in [0.4, 0.5) is 11.4 Å². The molecule has 196 valence electrons. The van der Waals surface area contributed by atoms with Crippen molar-refractivity contribution in [1.82, 2.24) is 9.80 Å². The zero-order chi connectivity index (χ0) is 25.8. The van der Waals surface area contributed by atoms with Crippen LogP contribution in [0.1, 0.15) is 46.4 Å². The Morgan fingerprint density at radius 3 is 2.24 bits per heavy atom. The van der Waals surface area contributed by atoms with Crippen LogP contribution >= 0.6 is 11.6 Å². The topological polar surface area (TPSA) is 82.2 Å². The van der Waals surface area contributed by atoms with Crippen LogP contribution in [0, 0.1) is 5.92 Å². The molecule has 3 amide bonds. The van der Waals surface area contributed by atoms with E-state index in [0.29, 0.717) is 74.3 Å². The maximum Gasteiger partial charge on any atom is 0.257 e. The number of rotatable bonds is 5. The summed E-state index contributed by atoms with van der Waals surface area (Å²) in [6.45, 7) is 4.67. The van der Waals surface area contributed by atoms with E-state index in [4.69, 9.17) is 16.3 Å². The Labute approximate surface area is 222 Å². The van der Waals surface area contributed by atoms with Gasteiger partial charge in [0.25, 0.3) is 11.8 Å². The van der Waals surface area contributed by atoms with E-state index in [1.165, 1.54) is 0 Å². The molecule has 2 aromatic rings. The molecule has 3 fully saturated rings. The zero-order valence-corrected chi connectivity index (χ0v) is 21.7. The Balaban J connectivity index is 1.35. The van der Waals surface area contributed by atoms with Gasteiger partial charge in [-0.15, -0.1) is 0 Å². The normalized spacial score (nSPS) is 18.7. The smallest absolute Gasteiger partial charge is 0.257 e. The number of carbonyl (C=O) groups excluding carboxylic acids is 3. The van der Waals surface area contributed by atoms with E-state index in [-0.39, 0.29) is 23.6 Å². The van der Waals surface area contributed by atoms with Crippen LogP contribution < -0.4 is 10.2 Å². The van der Waals surface area contributed by atoms with Crippen LogP contribution in [0.3, 0.4) is 0 Å². The highest BCUT2D eigenvalue weighted by molar-refractivity contribution is 6.34. The first-order chi connectivity index (χ1) is 18.0. The summed E-state index contributed by atoms with van der Waals surface area (Å²) in [7, 11) is 0. The van der Waals surface area contributed by atoms with Gasteiger partial charge < -0.3 is 24.8 Å². The summed E-state index contributed by atoms with van der Waals surface area (Å²) >= 11 is 6.20. The number of nitrogens with zero attached hydrogens (tertiary/aromatic N) is 3. The van der Waals surface area contributed by atoms with Crippen molar-refractivity contribution in [3.63, 3.8) is 0 Å². The molecule has 1 N–H and O–H groups in total. The van der Waals surface area contributed by atoms with Gasteiger partial charge in [0.15, 0.2) is 0 Å². The van der Waals surface area contributed by atoms with E-state index in [1.807, 2.05) is 17.0 Å². The van der Waals surface area contributed by atoms with Gasteiger partial charge in [-0.05, 0) is 43.2 Å². The quantitative estimate of drug-likeness (QED) is 0.641. The predicted octanol–water partition coefficient (Wildman–Crippen LogP) is 3.90. The number of hydrogen-bond acceptors (Lipinski definition) is 5. The molecule has 5 rings (SSSR count). The average molecular weight is 525 g/mol. The average Bonchev–Trinajstić information content (AvgIpc) is 3.48. The van der Waals surface area contributed by atoms with Gasteiger partial charge in [-0.1, -0.05) is 36.6 Å². The molecule has 0 bridgehead atoms. The summed E-state index contributed by atoms with van der Waals surface area (Å²) in [6.07, 6.45) is 4.28. The van der Waals surface area contributed by atoms with Gasteiger partial charge in [0.05, 0.1) is 29.4 Å². The van der Waals surface area contributed by atoms with Crippen molar-refractivity contribution in [3.8, 4) is 0 Å². The molecule has 8 nitrogen and oxygen atoms in total. The van der Waals surface area contributed by atoms with Crippen LogP contribution in [0.25, 0.3) is 0 Å². The van der Waals surface area contributed by atoms with Crippen LogP contribution in [0.15, 0.2) is 42.5 Å². The van der Waals surface area contributed by atoms with Crippen molar-refractivity contribution in [1.29, 1.82) is 0 Å². The SMILES string of the molecule is O=C(Nc1ccc(N2CCN(C(=O)C3CCCC3)CC2)c(C(=O)N2CCOCC2)c1)c1ccccc1Cl. The first kappa shape index (κ1) is 25.5. The lowest BCUT2D eigenvalue weighted by atomic mass is 10.0. The molecule has 0 radical (unpaired) electrons. The van der Waals surface area contributed by atoms with E-state index in [9.17, 15) is 14.4 Å². The highest BCUT2D eigenvalue weighted by Gasteiger charge is 2.31. The summed E-state index contributed by atoms with van der Waals surface area (Å²) in [6, 6.07) is 12.3. The molecule has 37 heavy (non-hydrogen) atoms. The lowest BCUT2D eigenvalue weighted by molar-refractivity contribution is -0.135. The molecule has 2 aromatic carbocycles. The van der Waals surface area contributed by atoms with E-state index in [0.717, 1.165) is 31.4 Å². The highest BCUT2D eigenvalue weighted by atomic mass is 35.5. The standard InChI is InChI=1S/C28H33ClN4O4/c29-24-8-4-3-7-22(24)26(34)30-21-9-10-25(23(19-21)28(36)33-15-17-37-18-16-33)31-11-13-32(14-12-31)27(35)20-5-1-2-6-20/h3-4,7-10,19-20H,1-2,5-6,11-18H2,(H,30,34). The molecule has 0 aromatic heterocycles. The Hall–Kier alpha value is -3.10. The van der Waals surface area contributed by atoms with Crippen molar-refractivity contribution < 1.29 is 19.1 Å². The monoisotopic (exact) mass is 524 g/mol. The van der Waals surface area contributed by atoms with E-state index >= 15 is 0 Å². The van der Waals surface area contributed by atoms with Gasteiger partial charge in [-0.3, -0.25) is 14.4 Å². The fraction of sp³-hybridized carbons (Fsp3) is 0.464. The molecule has 9 heteroatoms. The second-order valence-corrected chi connectivity index (χ2v) is 10.3. The number of ether oxygens (including phenoxy) is 1. The second-order valence-electron chi connectivity index (χ2n) is 9.86. The summed E-state index contributed by atoms with van der Waals surface area (Å²) in [4.78, 5) is 45.3. The fourth-order valence-electron chi connectivity index (χ4n) is 5.44. The molecule has 2 saturated heterocycles. The fourth-order valence-corrected chi connectivity index (χ4v) is 5.66. The predicted molar refractivity (Wildman–Crippen MR) is 143 cm³/mol. The number of halogens is 1. The number of anilines is 2. The third-order valence-corrected chi connectivity index (χ3v) is 7.87. The summed E-state index contributed by atoms with van der Waals surface area (Å²) in [5.41, 5.74) is 2.26. The number of carbonyl (C=O) groups is 3. The van der Waals surface area contributed by atoms with Gasteiger partial charge >= 0.3 is 0 Å². The van der Waals surface area contributed by atoms with Crippen molar-refractivity contribution in [2.45, 2.75) is 25.7 Å². The van der Waals surface area contributed by atoms with Crippen molar-refractivity contribution >= 4 is 40.7 Å². The Kier molecular flexibility index (Phi) is 7.96. The molecule has 2 heterocycles. The minimum absolute atomic E-state index is 0.0865. The van der Waals surface area contributed by atoms with Gasteiger partial charge in [0.2, 0.25) is 5.91 Å². The van der Waals surface area contributed by atoms with Gasteiger partial charge in [0.1, 0.15) is 0 Å². The van der Waals surface area contributed by atoms with Crippen molar-refractivity contribution in [2.75, 3.05) is 62.7 Å². The minimum atomic E-state index is -0.331. The maximum absolute atomic E-state index is 13.6. The molecule has 0 spiro atoms. The number of nitrogens with one attached hydrogen (secondary N) is 1. The Morgan fingerprint density at radius 1 is 0.838 bits per heavy atom. The van der Waals surface area contributed by atoms with Crippen molar-refractivity contribution in [3.05, 3.63) is 58.6 Å². The van der Waals surface area contributed by atoms with Crippen LogP contribution in [0.5, 0.6) is 0 Å². The van der Waals surface area contributed by atoms with Crippen molar-refractivity contribution in [2.24, 2.45) is 5.92 Å². The van der Waals surface area contributed by atoms with Gasteiger partial charge in [0, 0.05) is 56.6 Å². The minimum Gasteiger partial charge on any atom is -0.378 e. The van der Waals surface area contributed by atoms with Crippen LogP contribution in [0.2, 0.25) is 5.02 Å². The number of benzene rings is 2. The molecular weight excluding hydrogens is 492 g/mol. The van der Waals surface area contributed by atoms with Gasteiger partial charge in [-0.25, -0.2) is 0 Å². The zero-order valence-electron chi connectivity index (χ0n) is 21.0. The molecule has 0 unspecified atom stereocenters. The van der Waals surface area contributed by atoms with Crippen LogP contribution in [-0.4, -0.2) is 80.0 Å². The summed E-state index contributed by atoms with van der Waals surface area (Å²) in [5.74, 6) is 0.0317. The molecule has 3 aliphatic rings. The second kappa shape index (κ2) is 11.5. The molecule has 2 aliphatic heterocycles. The lowest BCUT2D eigenvalue weighted by Gasteiger charge is -2.38. The maximum atomic E-state index is 13.6. The third kappa shape index (κ3) is 5.75. The van der Waals surface area contributed by atoms with E-state index in [2.05, 4.69) is 10.2 Å². The molecular formula is C28H33ClN4O4. The number of hydrogen-bond donors (Lipinski definition) is 1. The van der Waals surface area contributed by atoms with E-state index < -0.39 is 0 Å². The first-order valence-corrected chi connectivity index (χ1v) is 13.5. The lowest BCUT2D eigenvalue weighted by Crippen LogP contribution is -2.50. The van der Waals surface area contributed by atoms with E-state index in [1.54, 1.807) is 35.2 Å². The number of amides is 3.